The molecule has 3 rings (SSSR count). The van der Waals surface area contributed by atoms with Crippen molar-refractivity contribution in [3.63, 3.8) is 0 Å². The third-order valence-electron chi connectivity index (χ3n) is 5.14. The highest BCUT2D eigenvalue weighted by atomic mass is 127. The SMILES string of the molecule is CCC1CCCCN1CCNC(=NC)NCc1ccnc(-n2cccn2)c1.I. The zero-order valence-electron chi connectivity index (χ0n) is 16.8. The number of piperidine rings is 1. The molecule has 2 N–H and O–H groups in total. The highest BCUT2D eigenvalue weighted by Gasteiger charge is 2.19. The summed E-state index contributed by atoms with van der Waals surface area (Å²) in [7, 11) is 1.81. The maximum absolute atomic E-state index is 4.37. The Hall–Kier alpha value is -1.68. The van der Waals surface area contributed by atoms with Gasteiger partial charge in [0.1, 0.15) is 0 Å². The van der Waals surface area contributed by atoms with Gasteiger partial charge in [0.25, 0.3) is 0 Å². The van der Waals surface area contributed by atoms with Crippen molar-refractivity contribution >= 4 is 29.9 Å². The van der Waals surface area contributed by atoms with E-state index in [1.165, 1.54) is 32.2 Å². The van der Waals surface area contributed by atoms with Crippen molar-refractivity contribution < 1.29 is 0 Å². The number of pyridine rings is 1. The fourth-order valence-corrected chi connectivity index (χ4v) is 3.64. The molecule has 3 heterocycles. The number of hydrogen-bond acceptors (Lipinski definition) is 4. The Morgan fingerprint density at radius 3 is 2.93 bits per heavy atom. The van der Waals surface area contributed by atoms with Crippen molar-refractivity contribution in [3.8, 4) is 5.82 Å². The van der Waals surface area contributed by atoms with E-state index in [1.807, 2.05) is 37.6 Å². The molecule has 1 saturated heterocycles. The Bertz CT molecular complexity index is 717. The van der Waals surface area contributed by atoms with Gasteiger partial charge in [-0.2, -0.15) is 5.10 Å². The zero-order valence-corrected chi connectivity index (χ0v) is 19.2. The maximum Gasteiger partial charge on any atom is 0.191 e. The summed E-state index contributed by atoms with van der Waals surface area (Å²) < 4.78 is 1.76. The second-order valence-electron chi connectivity index (χ2n) is 6.92. The molecule has 0 amide bonds. The summed E-state index contributed by atoms with van der Waals surface area (Å²) >= 11 is 0. The Morgan fingerprint density at radius 2 is 2.18 bits per heavy atom. The fourth-order valence-electron chi connectivity index (χ4n) is 3.64. The average molecular weight is 497 g/mol. The van der Waals surface area contributed by atoms with E-state index in [-0.39, 0.29) is 24.0 Å². The van der Waals surface area contributed by atoms with Gasteiger partial charge < -0.3 is 10.6 Å². The van der Waals surface area contributed by atoms with Crippen LogP contribution in [0.15, 0.2) is 41.8 Å². The molecule has 1 aliphatic heterocycles. The molecule has 0 bridgehead atoms. The number of likely N-dealkylation sites (tertiary alicyclic amines) is 1. The second kappa shape index (κ2) is 12.0. The summed E-state index contributed by atoms with van der Waals surface area (Å²) in [5, 5.41) is 11.1. The Morgan fingerprint density at radius 1 is 1.29 bits per heavy atom. The van der Waals surface area contributed by atoms with Crippen LogP contribution in [0.2, 0.25) is 0 Å². The lowest BCUT2D eigenvalue weighted by molar-refractivity contribution is 0.147. The normalized spacial score (nSPS) is 17.8. The molecule has 2 aromatic rings. The smallest absolute Gasteiger partial charge is 0.191 e. The number of aromatic nitrogens is 3. The van der Waals surface area contributed by atoms with Crippen LogP contribution in [0.25, 0.3) is 5.82 Å². The zero-order chi connectivity index (χ0) is 18.9. The molecule has 2 aromatic heterocycles. The van der Waals surface area contributed by atoms with Crippen molar-refractivity contribution in [2.75, 3.05) is 26.7 Å². The predicted molar refractivity (Wildman–Crippen MR) is 124 cm³/mol. The van der Waals surface area contributed by atoms with E-state index in [0.717, 1.165) is 36.5 Å². The van der Waals surface area contributed by atoms with Gasteiger partial charge in [-0.25, -0.2) is 9.67 Å². The molecular formula is C20H32IN7. The number of aliphatic imine (C=N–C) groups is 1. The lowest BCUT2D eigenvalue weighted by Crippen LogP contribution is -2.45. The molecule has 1 fully saturated rings. The largest absolute Gasteiger partial charge is 0.355 e. The maximum atomic E-state index is 4.37. The summed E-state index contributed by atoms with van der Waals surface area (Å²) in [4.78, 5) is 11.3. The van der Waals surface area contributed by atoms with Gasteiger partial charge >= 0.3 is 0 Å². The van der Waals surface area contributed by atoms with Gasteiger partial charge in [0, 0.05) is 51.3 Å². The van der Waals surface area contributed by atoms with Crippen molar-refractivity contribution in [1.82, 2.24) is 30.3 Å². The van der Waals surface area contributed by atoms with E-state index in [9.17, 15) is 0 Å². The van der Waals surface area contributed by atoms with Crippen molar-refractivity contribution in [2.45, 2.75) is 45.2 Å². The van der Waals surface area contributed by atoms with Gasteiger partial charge in [-0.3, -0.25) is 9.89 Å². The van der Waals surface area contributed by atoms with Gasteiger partial charge in [0.2, 0.25) is 0 Å². The number of guanidine groups is 1. The molecule has 0 radical (unpaired) electrons. The summed E-state index contributed by atoms with van der Waals surface area (Å²) in [6.45, 7) is 6.18. The first-order chi connectivity index (χ1) is 13.3. The molecule has 0 aliphatic carbocycles. The first-order valence-corrected chi connectivity index (χ1v) is 9.93. The van der Waals surface area contributed by atoms with Crippen molar-refractivity contribution in [2.24, 2.45) is 4.99 Å². The number of nitrogens with zero attached hydrogens (tertiary/aromatic N) is 5. The number of rotatable bonds is 7. The van der Waals surface area contributed by atoms with Crippen LogP contribution in [-0.4, -0.2) is 58.3 Å². The molecule has 0 spiro atoms. The van der Waals surface area contributed by atoms with Crippen LogP contribution in [-0.2, 0) is 6.54 Å². The van der Waals surface area contributed by atoms with Crippen LogP contribution in [0.3, 0.4) is 0 Å². The van der Waals surface area contributed by atoms with Crippen LogP contribution in [0, 0.1) is 0 Å². The minimum absolute atomic E-state index is 0. The fraction of sp³-hybridized carbons (Fsp3) is 0.550. The van der Waals surface area contributed by atoms with E-state index in [2.05, 4.69) is 37.5 Å². The van der Waals surface area contributed by atoms with Crippen molar-refractivity contribution in [1.29, 1.82) is 0 Å². The van der Waals surface area contributed by atoms with E-state index in [4.69, 9.17) is 0 Å². The Labute approximate surface area is 185 Å². The summed E-state index contributed by atoms with van der Waals surface area (Å²) in [6.07, 6.45) is 10.7. The van der Waals surface area contributed by atoms with E-state index < -0.39 is 0 Å². The third-order valence-corrected chi connectivity index (χ3v) is 5.14. The van der Waals surface area contributed by atoms with Gasteiger partial charge in [-0.15, -0.1) is 24.0 Å². The molecule has 28 heavy (non-hydrogen) atoms. The van der Waals surface area contributed by atoms with Gasteiger partial charge in [-0.1, -0.05) is 13.3 Å². The topological polar surface area (TPSA) is 70.4 Å². The Kier molecular flexibility index (Phi) is 9.69. The van der Waals surface area contributed by atoms with Gasteiger partial charge in [0.15, 0.2) is 11.8 Å². The van der Waals surface area contributed by atoms with Gasteiger partial charge in [0.05, 0.1) is 0 Å². The third kappa shape index (κ3) is 6.44. The number of hydrogen-bond donors (Lipinski definition) is 2. The molecule has 1 atom stereocenters. The van der Waals surface area contributed by atoms with Gasteiger partial charge in [-0.05, 0) is 49.6 Å². The first kappa shape index (κ1) is 22.6. The number of halogens is 1. The molecule has 1 aliphatic rings. The molecular weight excluding hydrogens is 465 g/mol. The number of nitrogens with one attached hydrogen (secondary N) is 2. The minimum Gasteiger partial charge on any atom is -0.355 e. The van der Waals surface area contributed by atoms with E-state index >= 15 is 0 Å². The average Bonchev–Trinajstić information content (AvgIpc) is 3.26. The quantitative estimate of drug-likeness (QED) is 0.350. The highest BCUT2D eigenvalue weighted by molar-refractivity contribution is 14.0. The van der Waals surface area contributed by atoms with Crippen LogP contribution in [0.5, 0.6) is 0 Å². The van der Waals surface area contributed by atoms with E-state index in [1.54, 1.807) is 10.9 Å². The Balaban J connectivity index is 0.00000280. The second-order valence-corrected chi connectivity index (χ2v) is 6.92. The first-order valence-electron chi connectivity index (χ1n) is 9.93. The highest BCUT2D eigenvalue weighted by Crippen LogP contribution is 2.18. The lowest BCUT2D eigenvalue weighted by Gasteiger charge is -2.35. The molecule has 0 saturated carbocycles. The van der Waals surface area contributed by atoms with Crippen LogP contribution < -0.4 is 10.6 Å². The predicted octanol–water partition coefficient (Wildman–Crippen LogP) is 2.81. The molecule has 7 nitrogen and oxygen atoms in total. The van der Waals surface area contributed by atoms with Crippen LogP contribution in [0.4, 0.5) is 0 Å². The van der Waals surface area contributed by atoms with E-state index in [0.29, 0.717) is 6.54 Å². The molecule has 154 valence electrons. The summed E-state index contributed by atoms with van der Waals surface area (Å²) in [5.74, 6) is 1.65. The van der Waals surface area contributed by atoms with Crippen molar-refractivity contribution in [3.05, 3.63) is 42.4 Å². The molecule has 8 heteroatoms. The monoisotopic (exact) mass is 497 g/mol. The lowest BCUT2D eigenvalue weighted by atomic mass is 10.0. The standard InChI is InChI=1S/C20H31N7.HI/c1-3-18-7-4-5-12-26(18)14-11-23-20(21-2)24-16-17-8-10-22-19(15-17)27-13-6-9-25-27;/h6,8-10,13,15,18H,3-5,7,11-12,14,16H2,1-2H3,(H2,21,23,24);1H. The molecule has 0 aromatic carbocycles. The molecule has 1 unspecified atom stereocenters. The minimum atomic E-state index is 0. The van der Waals surface area contributed by atoms with Crippen LogP contribution in [0.1, 0.15) is 38.2 Å². The van der Waals surface area contributed by atoms with Crippen LogP contribution >= 0.6 is 24.0 Å². The summed E-state index contributed by atoms with van der Waals surface area (Å²) in [5.41, 5.74) is 1.14. The summed E-state index contributed by atoms with van der Waals surface area (Å²) in [6, 6.07) is 6.68.